The van der Waals surface area contributed by atoms with Crippen LogP contribution in [-0.4, -0.2) is 105 Å². The van der Waals surface area contributed by atoms with Gasteiger partial charge in [-0.3, -0.25) is 19.4 Å². The molecule has 4 atom stereocenters. The number of aliphatic hydroxyl groups is 2. The number of anilines is 1. The Hall–Kier alpha value is -3.13. The molecule has 13 heteroatoms. The molecule has 2 heterocycles. The van der Waals surface area contributed by atoms with Crippen molar-refractivity contribution >= 4 is 34.2 Å². The van der Waals surface area contributed by atoms with Crippen molar-refractivity contribution in [2.75, 3.05) is 39.5 Å². The van der Waals surface area contributed by atoms with Crippen LogP contribution in [0.5, 0.6) is 0 Å². The van der Waals surface area contributed by atoms with Gasteiger partial charge in [0.2, 0.25) is 17.7 Å². The third-order valence-electron chi connectivity index (χ3n) is 11.2. The third-order valence-corrected chi connectivity index (χ3v) is 12.0. The highest BCUT2D eigenvalue weighted by Crippen LogP contribution is 2.37. The van der Waals surface area contributed by atoms with Crippen LogP contribution in [0.1, 0.15) is 109 Å². The molecule has 12 nitrogen and oxygen atoms in total. The first kappa shape index (κ1) is 42.6. The Balaban J connectivity index is 1.60. The van der Waals surface area contributed by atoms with Gasteiger partial charge in [0.05, 0.1) is 42.4 Å². The first-order valence-electron chi connectivity index (χ1n) is 19.7. The maximum atomic E-state index is 15.2. The van der Waals surface area contributed by atoms with Crippen molar-refractivity contribution < 1.29 is 29.3 Å². The minimum absolute atomic E-state index is 0.145. The summed E-state index contributed by atoms with van der Waals surface area (Å²) in [6, 6.07) is 4.98. The molecule has 0 aliphatic heterocycles. The summed E-state index contributed by atoms with van der Waals surface area (Å²) in [4.78, 5) is 53.9. The van der Waals surface area contributed by atoms with Gasteiger partial charge < -0.3 is 35.8 Å². The van der Waals surface area contributed by atoms with Crippen LogP contribution < -0.4 is 11.1 Å². The van der Waals surface area contributed by atoms with Gasteiger partial charge in [-0.15, -0.1) is 11.3 Å². The smallest absolute Gasteiger partial charge is 0.241 e. The lowest BCUT2D eigenvalue weighted by Gasteiger charge is -2.46. The van der Waals surface area contributed by atoms with Crippen LogP contribution in [0.15, 0.2) is 29.8 Å². The summed E-state index contributed by atoms with van der Waals surface area (Å²) in [7, 11) is 3.39. The van der Waals surface area contributed by atoms with Crippen molar-refractivity contribution in [3.05, 3.63) is 41.2 Å². The van der Waals surface area contributed by atoms with E-state index in [-0.39, 0.29) is 43.7 Å². The molecule has 3 amide bonds. The van der Waals surface area contributed by atoms with Crippen LogP contribution in [-0.2, 0) is 32.0 Å². The van der Waals surface area contributed by atoms with E-state index in [0.29, 0.717) is 42.6 Å². The first-order chi connectivity index (χ1) is 25.4. The molecule has 0 radical (unpaired) electrons. The maximum Gasteiger partial charge on any atom is 0.241 e. The third kappa shape index (κ3) is 13.3. The molecule has 0 aromatic carbocycles. The predicted molar refractivity (Wildman–Crippen MR) is 208 cm³/mol. The fourth-order valence-corrected chi connectivity index (χ4v) is 8.67. The lowest BCUT2D eigenvalue weighted by atomic mass is 9.79. The largest absolute Gasteiger partial charge is 0.390 e. The number of amides is 3. The molecule has 4 rings (SSSR count). The number of pyridine rings is 1. The molecule has 296 valence electrons. The van der Waals surface area contributed by atoms with Crippen LogP contribution >= 0.6 is 11.3 Å². The fraction of sp³-hybridized carbons (Fsp3) is 0.725. The second kappa shape index (κ2) is 21.1. The van der Waals surface area contributed by atoms with Crippen LogP contribution in [0.4, 0.5) is 5.13 Å². The number of hydrogen-bond acceptors (Lipinski definition) is 10. The maximum absolute atomic E-state index is 15.2. The number of nitrogens with two attached hydrogens (primary N) is 1. The summed E-state index contributed by atoms with van der Waals surface area (Å²) in [5.74, 6) is -1.37. The summed E-state index contributed by atoms with van der Waals surface area (Å²) in [6.45, 7) is 4.51. The van der Waals surface area contributed by atoms with E-state index in [2.05, 4.69) is 15.3 Å². The SMILES string of the molecule is COC1(CN(C(=O)[C@@H](CC(=O)NCC(=O)N(C)CCc2ccccn2)Cc2csc(N)n2)[C@@H](CC2CCCCC2)[C@@H](O)[C@@H](O)CC(C)C)CCCCC1. The van der Waals surface area contributed by atoms with Crippen molar-refractivity contribution in [3.63, 3.8) is 0 Å². The highest BCUT2D eigenvalue weighted by atomic mass is 32.1. The van der Waals surface area contributed by atoms with Gasteiger partial charge in [-0.1, -0.05) is 71.3 Å². The molecule has 2 saturated carbocycles. The quantitative estimate of drug-likeness (QED) is 0.149. The van der Waals surface area contributed by atoms with Gasteiger partial charge >= 0.3 is 0 Å². The number of carbonyl (C=O) groups excluding carboxylic acids is 3. The van der Waals surface area contributed by atoms with E-state index in [4.69, 9.17) is 10.5 Å². The lowest BCUT2D eigenvalue weighted by molar-refractivity contribution is -0.155. The number of likely N-dealkylation sites (N-methyl/N-ethyl adjacent to an activating group) is 1. The predicted octanol–water partition coefficient (Wildman–Crippen LogP) is 4.77. The minimum atomic E-state index is -1.18. The van der Waals surface area contributed by atoms with Crippen molar-refractivity contribution in [1.29, 1.82) is 0 Å². The highest BCUT2D eigenvalue weighted by Gasteiger charge is 2.44. The van der Waals surface area contributed by atoms with Gasteiger partial charge in [-0.25, -0.2) is 4.98 Å². The number of rotatable bonds is 20. The number of ether oxygens (including phenoxy) is 1. The average molecular weight is 757 g/mol. The van der Waals surface area contributed by atoms with Gasteiger partial charge in [0.1, 0.15) is 6.10 Å². The van der Waals surface area contributed by atoms with E-state index >= 15 is 4.79 Å². The number of hydrogen-bond donors (Lipinski definition) is 4. The second-order valence-electron chi connectivity index (χ2n) is 15.9. The number of thiazole rings is 1. The molecule has 2 aliphatic rings. The van der Waals surface area contributed by atoms with Gasteiger partial charge in [-0.2, -0.15) is 0 Å². The molecule has 0 bridgehead atoms. The summed E-state index contributed by atoms with van der Waals surface area (Å²) in [6.07, 6.45) is 11.0. The van der Waals surface area contributed by atoms with Crippen molar-refractivity contribution in [3.8, 4) is 0 Å². The Labute approximate surface area is 320 Å². The van der Waals surface area contributed by atoms with E-state index in [1.807, 2.05) is 32.0 Å². The Morgan fingerprint density at radius 1 is 1.08 bits per heavy atom. The van der Waals surface area contributed by atoms with Crippen molar-refractivity contribution in [2.24, 2.45) is 17.8 Å². The topological polar surface area (TPSA) is 171 Å². The Morgan fingerprint density at radius 3 is 2.42 bits per heavy atom. The average Bonchev–Trinajstić information content (AvgIpc) is 3.58. The van der Waals surface area contributed by atoms with E-state index in [1.165, 1.54) is 17.8 Å². The molecule has 2 aliphatic carbocycles. The molecular weight excluding hydrogens is 693 g/mol. The molecule has 53 heavy (non-hydrogen) atoms. The second-order valence-corrected chi connectivity index (χ2v) is 16.7. The molecule has 2 aromatic heterocycles. The van der Waals surface area contributed by atoms with Crippen LogP contribution in [0.25, 0.3) is 0 Å². The van der Waals surface area contributed by atoms with Crippen molar-refractivity contribution in [2.45, 2.75) is 134 Å². The van der Waals surface area contributed by atoms with Crippen LogP contribution in [0.2, 0.25) is 0 Å². The summed E-state index contributed by atoms with van der Waals surface area (Å²) in [5, 5.41) is 28.3. The summed E-state index contributed by atoms with van der Waals surface area (Å²) >= 11 is 1.27. The molecular formula is C40H64N6O6S. The molecule has 0 spiro atoms. The molecule has 2 aromatic rings. The summed E-state index contributed by atoms with van der Waals surface area (Å²) in [5.41, 5.74) is 6.87. The normalized spacial score (nSPS) is 18.5. The highest BCUT2D eigenvalue weighted by molar-refractivity contribution is 7.13. The molecule has 2 fully saturated rings. The van der Waals surface area contributed by atoms with Gasteiger partial charge in [-0.05, 0) is 49.7 Å². The zero-order valence-electron chi connectivity index (χ0n) is 32.4. The number of nitrogen functional groups attached to an aromatic ring is 1. The van der Waals surface area contributed by atoms with Gasteiger partial charge in [0, 0.05) is 57.2 Å². The zero-order chi connectivity index (χ0) is 38.4. The van der Waals surface area contributed by atoms with E-state index in [0.717, 1.165) is 63.5 Å². The Bertz CT molecular complexity index is 1410. The van der Waals surface area contributed by atoms with Crippen LogP contribution in [0, 0.1) is 17.8 Å². The number of aliphatic hydroxyl groups excluding tert-OH is 2. The number of nitrogens with zero attached hydrogens (tertiary/aromatic N) is 4. The molecule has 5 N–H and O–H groups in total. The monoisotopic (exact) mass is 756 g/mol. The standard InChI is InChI=1S/C40H64N6O6S/c1-28(2)21-34(47)37(50)33(22-29-13-7-5-8-14-29)46(27-40(52-4)17-10-6-11-18-40)38(51)30(23-32-26-53-39(41)44-32)24-35(48)43-25-36(49)45(3)20-16-31-15-9-12-19-42-31/h9,12,15,19,26,28-30,33-34,37,47,50H,5-8,10-11,13-14,16-18,20-25,27H2,1-4H3,(H2,41,44)(H,43,48)/t30-,33+,34+,37-/m1/s1. The van der Waals surface area contributed by atoms with Crippen LogP contribution in [0.3, 0.4) is 0 Å². The van der Waals surface area contributed by atoms with Gasteiger partial charge in [0.15, 0.2) is 5.13 Å². The lowest BCUT2D eigenvalue weighted by Crippen LogP contribution is -2.59. The van der Waals surface area contributed by atoms with Crippen molar-refractivity contribution in [1.82, 2.24) is 25.1 Å². The number of methoxy groups -OCH3 is 1. The Kier molecular flexibility index (Phi) is 17.0. The van der Waals surface area contributed by atoms with Gasteiger partial charge in [0.25, 0.3) is 0 Å². The molecule has 0 saturated heterocycles. The zero-order valence-corrected chi connectivity index (χ0v) is 33.2. The number of aromatic nitrogens is 2. The number of carbonyl (C=O) groups is 3. The first-order valence-corrected chi connectivity index (χ1v) is 20.6. The van der Waals surface area contributed by atoms with E-state index < -0.39 is 35.7 Å². The summed E-state index contributed by atoms with van der Waals surface area (Å²) < 4.78 is 6.23. The number of nitrogens with one attached hydrogen (secondary N) is 1. The molecule has 0 unspecified atom stereocenters. The van der Waals surface area contributed by atoms with E-state index in [1.54, 1.807) is 35.5 Å². The van der Waals surface area contributed by atoms with E-state index in [9.17, 15) is 19.8 Å². The Morgan fingerprint density at radius 2 is 1.79 bits per heavy atom. The minimum Gasteiger partial charge on any atom is -0.390 e. The fourth-order valence-electron chi connectivity index (χ4n) is 8.09.